The van der Waals surface area contributed by atoms with Crippen LogP contribution in [0.5, 0.6) is 5.75 Å². The molecule has 1 aromatic carbocycles. The van der Waals surface area contributed by atoms with Gasteiger partial charge in [-0.3, -0.25) is 9.59 Å². The summed E-state index contributed by atoms with van der Waals surface area (Å²) in [6.07, 6.45) is 0.612. The van der Waals surface area contributed by atoms with Crippen molar-refractivity contribution in [3.05, 3.63) is 29.3 Å². The number of rotatable bonds is 2. The number of aryl methyl sites for hydroxylation is 1. The number of ether oxygens (including phenoxy) is 1. The molecule has 1 unspecified atom stereocenters. The van der Waals surface area contributed by atoms with Crippen molar-refractivity contribution in [1.82, 2.24) is 0 Å². The van der Waals surface area contributed by atoms with Gasteiger partial charge in [0.1, 0.15) is 5.75 Å². The van der Waals surface area contributed by atoms with Crippen LogP contribution in [0.2, 0.25) is 0 Å². The zero-order chi connectivity index (χ0) is 11.7. The Bertz CT molecular complexity index is 457. The van der Waals surface area contributed by atoms with Gasteiger partial charge >= 0.3 is 0 Å². The van der Waals surface area contributed by atoms with E-state index in [0.717, 1.165) is 5.56 Å². The van der Waals surface area contributed by atoms with Crippen LogP contribution in [0.4, 0.5) is 0 Å². The highest BCUT2D eigenvalue weighted by molar-refractivity contribution is 5.93. The van der Waals surface area contributed by atoms with E-state index in [1.807, 2.05) is 0 Å². The van der Waals surface area contributed by atoms with E-state index in [-0.39, 0.29) is 0 Å². The maximum absolute atomic E-state index is 11.0. The van der Waals surface area contributed by atoms with Crippen LogP contribution in [-0.4, -0.2) is 17.9 Å². The fraction of sp³-hybridized carbons (Fsp3) is 0.273. The second-order valence-corrected chi connectivity index (χ2v) is 3.73. The summed E-state index contributed by atoms with van der Waals surface area (Å²) in [6, 6.07) is 4.91. The molecule has 0 radical (unpaired) electrons. The number of hydrogen-bond acceptors (Lipinski definition) is 3. The van der Waals surface area contributed by atoms with Crippen molar-refractivity contribution in [2.24, 2.45) is 11.5 Å². The van der Waals surface area contributed by atoms with Crippen molar-refractivity contribution in [3.8, 4) is 5.75 Å². The Morgan fingerprint density at radius 3 is 2.69 bits per heavy atom. The number of fused-ring (bicyclic) bond motifs is 1. The average Bonchev–Trinajstić information content (AvgIpc) is 2.27. The smallest absolute Gasteiger partial charge is 0.258 e. The van der Waals surface area contributed by atoms with E-state index in [9.17, 15) is 9.59 Å². The fourth-order valence-corrected chi connectivity index (χ4v) is 1.74. The minimum absolute atomic E-state index is 0.444. The summed E-state index contributed by atoms with van der Waals surface area (Å²) in [5.74, 6) is -0.343. The number of benzene rings is 1. The molecule has 16 heavy (non-hydrogen) atoms. The van der Waals surface area contributed by atoms with Gasteiger partial charge in [-0.2, -0.15) is 0 Å². The number of amides is 2. The molecule has 0 aromatic heterocycles. The van der Waals surface area contributed by atoms with Crippen LogP contribution in [0.1, 0.15) is 22.3 Å². The zero-order valence-corrected chi connectivity index (χ0v) is 8.60. The maximum atomic E-state index is 11.0. The fourth-order valence-electron chi connectivity index (χ4n) is 1.74. The molecule has 2 amide bonds. The molecule has 1 aromatic rings. The summed E-state index contributed by atoms with van der Waals surface area (Å²) >= 11 is 0. The van der Waals surface area contributed by atoms with Gasteiger partial charge in [0, 0.05) is 5.56 Å². The first-order valence-electron chi connectivity index (χ1n) is 4.96. The Balaban J connectivity index is 2.29. The third kappa shape index (κ3) is 1.84. The first kappa shape index (κ1) is 10.5. The van der Waals surface area contributed by atoms with Crippen molar-refractivity contribution < 1.29 is 14.3 Å². The summed E-state index contributed by atoms with van der Waals surface area (Å²) in [5, 5.41) is 0. The molecule has 1 aliphatic rings. The van der Waals surface area contributed by atoms with Gasteiger partial charge < -0.3 is 16.2 Å². The summed E-state index contributed by atoms with van der Waals surface area (Å²) in [5.41, 5.74) is 11.7. The van der Waals surface area contributed by atoms with E-state index in [2.05, 4.69) is 0 Å². The van der Waals surface area contributed by atoms with Gasteiger partial charge in [-0.05, 0) is 36.6 Å². The second kappa shape index (κ2) is 3.84. The monoisotopic (exact) mass is 220 g/mol. The molecule has 0 bridgehead atoms. The predicted molar refractivity (Wildman–Crippen MR) is 56.9 cm³/mol. The normalized spacial score (nSPS) is 18.4. The molecule has 5 nitrogen and oxygen atoms in total. The van der Waals surface area contributed by atoms with Crippen molar-refractivity contribution in [2.45, 2.75) is 18.9 Å². The first-order chi connectivity index (χ1) is 7.58. The molecule has 5 heteroatoms. The van der Waals surface area contributed by atoms with Crippen molar-refractivity contribution >= 4 is 11.8 Å². The number of primary amides is 2. The molecular weight excluding hydrogens is 208 g/mol. The highest BCUT2D eigenvalue weighted by Gasteiger charge is 2.24. The summed E-state index contributed by atoms with van der Waals surface area (Å²) < 4.78 is 5.40. The lowest BCUT2D eigenvalue weighted by Gasteiger charge is -2.23. The van der Waals surface area contributed by atoms with Crippen LogP contribution >= 0.6 is 0 Å². The number of carbonyl (C=O) groups is 2. The van der Waals surface area contributed by atoms with Crippen molar-refractivity contribution in [2.75, 3.05) is 0 Å². The minimum atomic E-state index is -0.577. The molecule has 0 saturated carbocycles. The van der Waals surface area contributed by atoms with E-state index in [0.29, 0.717) is 24.2 Å². The molecule has 1 aliphatic heterocycles. The second-order valence-electron chi connectivity index (χ2n) is 3.73. The van der Waals surface area contributed by atoms with E-state index < -0.39 is 17.9 Å². The van der Waals surface area contributed by atoms with Gasteiger partial charge in [-0.25, -0.2) is 0 Å². The molecule has 1 heterocycles. The van der Waals surface area contributed by atoms with Gasteiger partial charge in [0.15, 0.2) is 6.10 Å². The molecule has 2 rings (SSSR count). The molecule has 0 fully saturated rings. The minimum Gasteiger partial charge on any atom is -0.480 e. The van der Waals surface area contributed by atoms with Crippen LogP contribution in [0.3, 0.4) is 0 Å². The van der Waals surface area contributed by atoms with Crippen LogP contribution in [0, 0.1) is 0 Å². The molecular formula is C11H12N2O3. The Kier molecular flexibility index (Phi) is 2.52. The molecule has 0 spiro atoms. The topological polar surface area (TPSA) is 95.4 Å². The predicted octanol–water partition coefficient (Wildman–Crippen LogP) is -0.0356. The van der Waals surface area contributed by atoms with E-state index in [4.69, 9.17) is 16.2 Å². The Labute approximate surface area is 92.4 Å². The van der Waals surface area contributed by atoms with Gasteiger partial charge in [-0.15, -0.1) is 0 Å². The van der Waals surface area contributed by atoms with Crippen LogP contribution in [0.15, 0.2) is 18.2 Å². The SMILES string of the molecule is NC(=O)c1ccc2c(c1)CCC(C(N)=O)O2. The number of carbonyl (C=O) groups excluding carboxylic acids is 2. The standard InChI is InChI=1S/C11H12N2O3/c12-10(14)7-2-3-8-6(5-7)1-4-9(16-8)11(13)15/h2-3,5,9H,1,4H2,(H2,12,14)(H2,13,15). The lowest BCUT2D eigenvalue weighted by Crippen LogP contribution is -2.36. The molecule has 0 aliphatic carbocycles. The van der Waals surface area contributed by atoms with E-state index >= 15 is 0 Å². The highest BCUT2D eigenvalue weighted by atomic mass is 16.5. The Morgan fingerprint density at radius 2 is 2.06 bits per heavy atom. The molecule has 1 atom stereocenters. The van der Waals surface area contributed by atoms with E-state index in [1.165, 1.54) is 0 Å². The quantitative estimate of drug-likeness (QED) is 0.732. The summed E-state index contributed by atoms with van der Waals surface area (Å²) in [4.78, 5) is 21.9. The summed E-state index contributed by atoms with van der Waals surface area (Å²) in [7, 11) is 0. The third-order valence-corrected chi connectivity index (χ3v) is 2.61. The van der Waals surface area contributed by atoms with Gasteiger partial charge in [0.25, 0.3) is 5.91 Å². The highest BCUT2D eigenvalue weighted by Crippen LogP contribution is 2.28. The van der Waals surface area contributed by atoms with Crippen LogP contribution in [-0.2, 0) is 11.2 Å². The number of nitrogens with two attached hydrogens (primary N) is 2. The molecule has 0 saturated heterocycles. The average molecular weight is 220 g/mol. The lowest BCUT2D eigenvalue weighted by molar-refractivity contribution is -0.125. The Morgan fingerprint density at radius 1 is 1.31 bits per heavy atom. The van der Waals surface area contributed by atoms with Crippen LogP contribution < -0.4 is 16.2 Å². The third-order valence-electron chi connectivity index (χ3n) is 2.61. The van der Waals surface area contributed by atoms with Crippen molar-refractivity contribution in [1.29, 1.82) is 0 Å². The molecule has 84 valence electrons. The van der Waals surface area contributed by atoms with Gasteiger partial charge in [0.05, 0.1) is 0 Å². The Hall–Kier alpha value is -2.04. The van der Waals surface area contributed by atoms with Crippen LogP contribution in [0.25, 0.3) is 0 Å². The maximum Gasteiger partial charge on any atom is 0.258 e. The van der Waals surface area contributed by atoms with Gasteiger partial charge in [0.2, 0.25) is 5.91 Å². The zero-order valence-electron chi connectivity index (χ0n) is 8.60. The first-order valence-corrected chi connectivity index (χ1v) is 4.96. The largest absolute Gasteiger partial charge is 0.480 e. The van der Waals surface area contributed by atoms with E-state index in [1.54, 1.807) is 18.2 Å². The number of hydrogen-bond donors (Lipinski definition) is 2. The van der Waals surface area contributed by atoms with Crippen molar-refractivity contribution in [3.63, 3.8) is 0 Å². The van der Waals surface area contributed by atoms with Gasteiger partial charge in [-0.1, -0.05) is 0 Å². The molecule has 4 N–H and O–H groups in total. The lowest BCUT2D eigenvalue weighted by atomic mass is 9.99. The summed E-state index contributed by atoms with van der Waals surface area (Å²) in [6.45, 7) is 0.